The fourth-order valence-electron chi connectivity index (χ4n) is 1.38. The Morgan fingerprint density at radius 2 is 1.75 bits per heavy atom. The number of thioether (sulfide) groups is 1. The summed E-state index contributed by atoms with van der Waals surface area (Å²) < 4.78 is 0. The van der Waals surface area contributed by atoms with Gasteiger partial charge in [-0.05, 0) is 13.3 Å². The zero-order chi connectivity index (χ0) is 12.6. The van der Waals surface area contributed by atoms with Crippen molar-refractivity contribution in [1.82, 2.24) is 0 Å². The number of unbranched alkanes of at least 4 members (excludes halogenated alkanes) is 3. The van der Waals surface area contributed by atoms with E-state index in [4.69, 9.17) is 0 Å². The molecule has 3 heteroatoms. The third-order valence-corrected chi connectivity index (χ3v) is 4.06. The first-order valence-corrected chi connectivity index (χ1v) is 7.08. The average molecular weight is 244 g/mol. The van der Waals surface area contributed by atoms with Crippen LogP contribution < -0.4 is 0 Å². The zero-order valence-electron chi connectivity index (χ0n) is 10.9. The maximum absolute atomic E-state index is 11.6. The van der Waals surface area contributed by atoms with E-state index in [2.05, 4.69) is 6.92 Å². The summed E-state index contributed by atoms with van der Waals surface area (Å²) in [6.45, 7) is 7.51. The quantitative estimate of drug-likeness (QED) is 0.609. The van der Waals surface area contributed by atoms with Gasteiger partial charge in [0, 0.05) is 5.92 Å². The lowest BCUT2D eigenvalue weighted by atomic mass is 10.1. The molecule has 0 radical (unpaired) electrons. The van der Waals surface area contributed by atoms with Crippen molar-refractivity contribution < 1.29 is 9.59 Å². The van der Waals surface area contributed by atoms with E-state index in [1.807, 2.05) is 13.8 Å². The van der Waals surface area contributed by atoms with Crippen molar-refractivity contribution in [2.75, 3.05) is 0 Å². The van der Waals surface area contributed by atoms with E-state index < -0.39 is 0 Å². The SMILES string of the molecule is CCCCCCC(SC(=O)C(C)C)C(C)=O. The molecule has 0 fully saturated rings. The molecule has 2 nitrogen and oxygen atoms in total. The molecule has 0 spiro atoms. The standard InChI is InChI=1S/C13H24O2S/c1-5-6-7-8-9-12(11(4)14)16-13(15)10(2)3/h10,12H,5-9H2,1-4H3. The molecule has 0 rings (SSSR count). The minimum atomic E-state index is -0.119. The van der Waals surface area contributed by atoms with Crippen LogP contribution in [0.15, 0.2) is 0 Å². The van der Waals surface area contributed by atoms with Crippen LogP contribution in [0.25, 0.3) is 0 Å². The van der Waals surface area contributed by atoms with Crippen LogP contribution in [-0.4, -0.2) is 16.1 Å². The molecule has 0 aliphatic heterocycles. The van der Waals surface area contributed by atoms with E-state index in [0.29, 0.717) is 0 Å². The fraction of sp³-hybridized carbons (Fsp3) is 0.846. The largest absolute Gasteiger partial charge is 0.299 e. The average Bonchev–Trinajstić information content (AvgIpc) is 2.21. The van der Waals surface area contributed by atoms with E-state index in [-0.39, 0.29) is 22.1 Å². The van der Waals surface area contributed by atoms with Crippen molar-refractivity contribution in [2.45, 2.75) is 65.0 Å². The minimum Gasteiger partial charge on any atom is -0.299 e. The highest BCUT2D eigenvalue weighted by atomic mass is 32.2. The zero-order valence-corrected chi connectivity index (χ0v) is 11.7. The number of Topliss-reactive ketones (excluding diaryl/α,β-unsaturated/α-hetero) is 1. The van der Waals surface area contributed by atoms with Crippen LogP contribution in [0.1, 0.15) is 59.8 Å². The molecule has 0 amide bonds. The highest BCUT2D eigenvalue weighted by molar-refractivity contribution is 8.14. The second-order valence-electron chi connectivity index (χ2n) is 4.54. The lowest BCUT2D eigenvalue weighted by Crippen LogP contribution is -2.18. The Morgan fingerprint density at radius 3 is 2.19 bits per heavy atom. The fourth-order valence-corrected chi connectivity index (χ4v) is 2.38. The van der Waals surface area contributed by atoms with Gasteiger partial charge in [0.1, 0.15) is 5.78 Å². The molecule has 0 saturated heterocycles. The molecule has 94 valence electrons. The van der Waals surface area contributed by atoms with Gasteiger partial charge < -0.3 is 0 Å². The summed E-state index contributed by atoms with van der Waals surface area (Å²) in [5, 5.41) is 0.0162. The smallest absolute Gasteiger partial charge is 0.192 e. The number of hydrogen-bond acceptors (Lipinski definition) is 3. The molecule has 0 aliphatic rings. The molecular weight excluding hydrogens is 220 g/mol. The van der Waals surface area contributed by atoms with Crippen LogP contribution in [0.3, 0.4) is 0 Å². The third kappa shape index (κ3) is 7.04. The first-order valence-electron chi connectivity index (χ1n) is 6.20. The molecule has 1 atom stereocenters. The minimum absolute atomic E-state index is 0.0162. The van der Waals surface area contributed by atoms with Gasteiger partial charge in [-0.25, -0.2) is 0 Å². The van der Waals surface area contributed by atoms with E-state index in [1.54, 1.807) is 6.92 Å². The normalized spacial score (nSPS) is 12.8. The van der Waals surface area contributed by atoms with Crippen LogP contribution in [0, 0.1) is 5.92 Å². The molecule has 0 aliphatic carbocycles. The lowest BCUT2D eigenvalue weighted by Gasteiger charge is -2.13. The van der Waals surface area contributed by atoms with Crippen molar-refractivity contribution in [3.05, 3.63) is 0 Å². The lowest BCUT2D eigenvalue weighted by molar-refractivity contribution is -0.117. The third-order valence-electron chi connectivity index (χ3n) is 2.50. The molecule has 1 unspecified atom stereocenters. The van der Waals surface area contributed by atoms with Gasteiger partial charge in [0.25, 0.3) is 0 Å². The van der Waals surface area contributed by atoms with Crippen LogP contribution in [-0.2, 0) is 9.59 Å². The van der Waals surface area contributed by atoms with Crippen LogP contribution in [0.4, 0.5) is 0 Å². The Balaban J connectivity index is 3.98. The summed E-state index contributed by atoms with van der Waals surface area (Å²) in [6, 6.07) is 0. The molecule has 0 N–H and O–H groups in total. The van der Waals surface area contributed by atoms with Crippen LogP contribution in [0.5, 0.6) is 0 Å². The first-order chi connectivity index (χ1) is 7.49. The van der Waals surface area contributed by atoms with Gasteiger partial charge in [-0.15, -0.1) is 0 Å². The van der Waals surface area contributed by atoms with E-state index in [0.717, 1.165) is 19.3 Å². The van der Waals surface area contributed by atoms with Crippen molar-refractivity contribution in [2.24, 2.45) is 5.92 Å². The van der Waals surface area contributed by atoms with Gasteiger partial charge in [0.2, 0.25) is 0 Å². The summed E-state index contributed by atoms with van der Waals surface area (Å²) in [4.78, 5) is 22.9. The second kappa shape index (κ2) is 8.80. The van der Waals surface area contributed by atoms with Crippen molar-refractivity contribution in [3.8, 4) is 0 Å². The highest BCUT2D eigenvalue weighted by Crippen LogP contribution is 2.23. The van der Waals surface area contributed by atoms with Crippen LogP contribution >= 0.6 is 11.8 Å². The Morgan fingerprint density at radius 1 is 1.12 bits per heavy atom. The number of rotatable bonds is 8. The number of ketones is 1. The van der Waals surface area contributed by atoms with Gasteiger partial charge >= 0.3 is 0 Å². The van der Waals surface area contributed by atoms with Gasteiger partial charge in [0.15, 0.2) is 5.12 Å². The Hall–Kier alpha value is -0.310. The van der Waals surface area contributed by atoms with Gasteiger partial charge in [-0.2, -0.15) is 0 Å². The summed E-state index contributed by atoms with van der Waals surface area (Å²) in [5.74, 6) is 0.151. The first kappa shape index (κ1) is 15.7. The molecule has 0 aromatic carbocycles. The number of carbonyl (C=O) groups excluding carboxylic acids is 2. The van der Waals surface area contributed by atoms with E-state index in [1.165, 1.54) is 24.6 Å². The number of carbonyl (C=O) groups is 2. The molecule has 0 heterocycles. The highest BCUT2D eigenvalue weighted by Gasteiger charge is 2.20. The second-order valence-corrected chi connectivity index (χ2v) is 5.75. The Bertz CT molecular complexity index is 224. The van der Waals surface area contributed by atoms with Gasteiger partial charge in [0.05, 0.1) is 5.25 Å². The van der Waals surface area contributed by atoms with Gasteiger partial charge in [-0.1, -0.05) is 58.2 Å². The van der Waals surface area contributed by atoms with E-state index >= 15 is 0 Å². The maximum Gasteiger partial charge on any atom is 0.192 e. The van der Waals surface area contributed by atoms with Crippen molar-refractivity contribution >= 4 is 22.7 Å². The molecule has 16 heavy (non-hydrogen) atoms. The van der Waals surface area contributed by atoms with E-state index in [9.17, 15) is 9.59 Å². The summed E-state index contributed by atoms with van der Waals surface area (Å²) in [6.07, 6.45) is 5.47. The topological polar surface area (TPSA) is 34.1 Å². The Labute approximate surface area is 104 Å². The van der Waals surface area contributed by atoms with Gasteiger partial charge in [-0.3, -0.25) is 9.59 Å². The monoisotopic (exact) mass is 244 g/mol. The molecule has 0 saturated carbocycles. The predicted octanol–water partition coefficient (Wildman–Crippen LogP) is 3.83. The molecule has 0 aromatic rings. The molecule has 0 bridgehead atoms. The van der Waals surface area contributed by atoms with Crippen LogP contribution in [0.2, 0.25) is 0 Å². The maximum atomic E-state index is 11.6. The summed E-state index contributed by atoms with van der Waals surface area (Å²) >= 11 is 1.23. The molecular formula is C13H24O2S. The van der Waals surface area contributed by atoms with Crippen molar-refractivity contribution in [3.63, 3.8) is 0 Å². The summed E-state index contributed by atoms with van der Waals surface area (Å²) in [7, 11) is 0. The summed E-state index contributed by atoms with van der Waals surface area (Å²) in [5.41, 5.74) is 0. The predicted molar refractivity (Wildman–Crippen MR) is 70.7 cm³/mol. The Kier molecular flexibility index (Phi) is 8.63. The molecule has 0 aromatic heterocycles. The number of hydrogen-bond donors (Lipinski definition) is 0. The van der Waals surface area contributed by atoms with Crippen molar-refractivity contribution in [1.29, 1.82) is 0 Å².